The Morgan fingerprint density at radius 1 is 0.968 bits per heavy atom. The van der Waals surface area contributed by atoms with Crippen molar-refractivity contribution in [3.05, 3.63) is 62.7 Å². The van der Waals surface area contributed by atoms with Crippen LogP contribution in [-0.4, -0.2) is 17.7 Å². The van der Waals surface area contributed by atoms with Gasteiger partial charge in [-0.25, -0.2) is 9.98 Å². The lowest BCUT2D eigenvalue weighted by Crippen LogP contribution is -2.22. The number of rotatable bonds is 4. The largest absolute Gasteiger partial charge is 0.493 e. The molecule has 0 bridgehead atoms. The number of hydrogen-bond donors (Lipinski definition) is 1. The van der Waals surface area contributed by atoms with Gasteiger partial charge in [0.05, 0.1) is 13.0 Å². The molecule has 0 atom stereocenters. The zero-order valence-electron chi connectivity index (χ0n) is 16.1. The van der Waals surface area contributed by atoms with Gasteiger partial charge in [-0.1, -0.05) is 29.3 Å². The van der Waals surface area contributed by atoms with Crippen LogP contribution in [0.1, 0.15) is 12.0 Å². The Labute approximate surface area is 186 Å². The molecule has 31 heavy (non-hydrogen) atoms. The van der Waals surface area contributed by atoms with Crippen LogP contribution < -0.4 is 24.9 Å². The number of aryl methyl sites for hydroxylation is 1. The average Bonchev–Trinajstić information content (AvgIpc) is 2.75. The highest BCUT2D eigenvalue weighted by Crippen LogP contribution is 2.43. The number of carbonyl (C=O) groups is 1. The van der Waals surface area contributed by atoms with Crippen molar-refractivity contribution in [1.29, 1.82) is 0 Å². The molecule has 0 fully saturated rings. The molecule has 3 aromatic carbocycles. The highest BCUT2D eigenvalue weighted by atomic mass is 35.5. The Balaban J connectivity index is 1.61. The molecule has 2 heterocycles. The lowest BCUT2D eigenvalue weighted by molar-refractivity contribution is -0.137. The van der Waals surface area contributed by atoms with Gasteiger partial charge in [0.25, 0.3) is 0 Å². The Hall–Kier alpha value is -3.29. The monoisotopic (exact) mass is 456 g/mol. The van der Waals surface area contributed by atoms with Gasteiger partial charge >= 0.3 is 5.97 Å². The van der Waals surface area contributed by atoms with Gasteiger partial charge in [-0.3, -0.25) is 4.79 Å². The van der Waals surface area contributed by atoms with E-state index in [9.17, 15) is 4.79 Å². The van der Waals surface area contributed by atoms with Crippen LogP contribution in [0.25, 0.3) is 0 Å². The highest BCUT2D eigenvalue weighted by molar-refractivity contribution is 6.35. The molecular weight excluding hydrogens is 443 g/mol. The molecule has 1 N–H and O–H groups in total. The van der Waals surface area contributed by atoms with Gasteiger partial charge in [0, 0.05) is 6.07 Å². The maximum Gasteiger partial charge on any atom is 0.306 e. The molecule has 0 aliphatic carbocycles. The second-order valence-electron chi connectivity index (χ2n) is 7.00. The number of aliphatic carboxylic acids is 1. The summed E-state index contributed by atoms with van der Waals surface area (Å²) in [4.78, 5) is 19.9. The summed E-state index contributed by atoms with van der Waals surface area (Å²) < 4.78 is 17.4. The molecule has 156 valence electrons. The number of carboxylic acid groups (broad SMARTS) is 1. The lowest BCUT2D eigenvalue weighted by Gasteiger charge is -2.21. The summed E-state index contributed by atoms with van der Waals surface area (Å²) in [5, 5.41) is 9.94. The number of hydrogen-bond acceptors (Lipinski definition) is 6. The predicted molar refractivity (Wildman–Crippen MR) is 114 cm³/mol. The van der Waals surface area contributed by atoms with E-state index in [1.54, 1.807) is 18.2 Å². The number of halogens is 2. The summed E-state index contributed by atoms with van der Waals surface area (Å²) >= 11 is 13.2. The van der Waals surface area contributed by atoms with Crippen molar-refractivity contribution in [2.45, 2.75) is 13.3 Å². The normalized spacial score (nSPS) is 12.6. The quantitative estimate of drug-likeness (QED) is 0.397. The van der Waals surface area contributed by atoms with Crippen molar-refractivity contribution in [2.75, 3.05) is 6.61 Å². The van der Waals surface area contributed by atoms with E-state index in [0.717, 1.165) is 5.56 Å². The van der Waals surface area contributed by atoms with Crippen LogP contribution in [0.2, 0.25) is 10.0 Å². The smallest absolute Gasteiger partial charge is 0.306 e. The first-order valence-corrected chi connectivity index (χ1v) is 10.1. The fourth-order valence-electron chi connectivity index (χ4n) is 3.29. The minimum Gasteiger partial charge on any atom is -0.493 e. The van der Waals surface area contributed by atoms with Crippen LogP contribution >= 0.6 is 23.2 Å². The molecular formula is C22H14Cl2N2O5. The SMILES string of the molecule is Cc1ccc2c(c1)N=c1c(Cl)c3c(c(Cl)c1O2)=Nc1cc(OCCC(=O)O)ccc1O3. The summed E-state index contributed by atoms with van der Waals surface area (Å²) in [6.45, 7) is 2.01. The van der Waals surface area contributed by atoms with E-state index in [1.165, 1.54) is 0 Å². The number of ether oxygens (including phenoxy) is 3. The number of fused-ring (bicyclic) bond motifs is 4. The molecule has 0 aromatic heterocycles. The second-order valence-corrected chi connectivity index (χ2v) is 7.76. The fraction of sp³-hybridized carbons (Fsp3) is 0.136. The zero-order valence-corrected chi connectivity index (χ0v) is 17.6. The van der Waals surface area contributed by atoms with E-state index in [-0.39, 0.29) is 23.1 Å². The van der Waals surface area contributed by atoms with Crippen molar-refractivity contribution in [3.63, 3.8) is 0 Å². The minimum absolute atomic E-state index is 0.0416. The van der Waals surface area contributed by atoms with Crippen molar-refractivity contribution in [2.24, 2.45) is 9.98 Å². The molecule has 9 heteroatoms. The Morgan fingerprint density at radius 3 is 2.16 bits per heavy atom. The van der Waals surface area contributed by atoms with Crippen molar-refractivity contribution >= 4 is 40.5 Å². The molecule has 0 unspecified atom stereocenters. The highest BCUT2D eigenvalue weighted by Gasteiger charge is 2.27. The van der Waals surface area contributed by atoms with Crippen molar-refractivity contribution in [3.8, 4) is 28.7 Å². The first-order valence-electron chi connectivity index (χ1n) is 9.34. The predicted octanol–water partition coefficient (Wildman–Crippen LogP) is 5.27. The van der Waals surface area contributed by atoms with Crippen LogP contribution in [0.3, 0.4) is 0 Å². The lowest BCUT2D eigenvalue weighted by atomic mass is 10.1. The van der Waals surface area contributed by atoms with Crippen molar-refractivity contribution in [1.82, 2.24) is 0 Å². The van der Waals surface area contributed by atoms with Crippen LogP contribution in [0.15, 0.2) is 46.4 Å². The Kier molecular flexibility index (Phi) is 4.72. The topological polar surface area (TPSA) is 89.7 Å². The first kappa shape index (κ1) is 19.7. The number of carboxylic acids is 1. The number of nitrogens with zero attached hydrogens (tertiary/aromatic N) is 2. The third kappa shape index (κ3) is 3.45. The van der Waals surface area contributed by atoms with Crippen LogP contribution in [0.4, 0.5) is 11.4 Å². The molecule has 0 amide bonds. The Bertz CT molecular complexity index is 1390. The maximum atomic E-state index is 10.7. The van der Waals surface area contributed by atoms with E-state index in [1.807, 2.05) is 25.1 Å². The molecule has 2 aliphatic rings. The van der Waals surface area contributed by atoms with Gasteiger partial charge in [-0.2, -0.15) is 0 Å². The second kappa shape index (κ2) is 7.44. The molecule has 0 radical (unpaired) electrons. The molecule has 7 nitrogen and oxygen atoms in total. The minimum atomic E-state index is -0.937. The van der Waals surface area contributed by atoms with Crippen LogP contribution in [-0.2, 0) is 4.79 Å². The van der Waals surface area contributed by atoms with Gasteiger partial charge in [0.15, 0.2) is 23.0 Å². The fourth-order valence-corrected chi connectivity index (χ4v) is 3.80. The van der Waals surface area contributed by atoms with E-state index in [0.29, 0.717) is 50.8 Å². The third-order valence-electron chi connectivity index (χ3n) is 4.76. The Morgan fingerprint density at radius 2 is 1.55 bits per heavy atom. The van der Waals surface area contributed by atoms with E-state index in [4.69, 9.17) is 42.5 Å². The van der Waals surface area contributed by atoms with E-state index < -0.39 is 5.97 Å². The molecule has 2 aliphatic heterocycles. The van der Waals surface area contributed by atoms with Gasteiger partial charge < -0.3 is 19.3 Å². The van der Waals surface area contributed by atoms with Crippen molar-refractivity contribution < 1.29 is 24.1 Å². The summed E-state index contributed by atoms with van der Waals surface area (Å²) in [5.41, 5.74) is 2.17. The molecule has 0 saturated carbocycles. The summed E-state index contributed by atoms with van der Waals surface area (Å²) in [6, 6.07) is 10.6. The number of benzene rings is 3. The molecule has 3 aromatic rings. The molecule has 0 spiro atoms. The van der Waals surface area contributed by atoms with Gasteiger partial charge in [0.1, 0.15) is 37.9 Å². The zero-order chi connectivity index (χ0) is 21.7. The maximum absolute atomic E-state index is 10.7. The molecule has 0 saturated heterocycles. The summed E-state index contributed by atoms with van der Waals surface area (Å²) in [7, 11) is 0. The van der Waals surface area contributed by atoms with E-state index in [2.05, 4.69) is 9.98 Å². The van der Waals surface area contributed by atoms with Gasteiger partial charge in [-0.05, 0) is 36.8 Å². The average molecular weight is 457 g/mol. The van der Waals surface area contributed by atoms with Crippen LogP contribution in [0, 0.1) is 6.92 Å². The summed E-state index contributed by atoms with van der Waals surface area (Å²) in [5.74, 6) is 1.17. The third-order valence-corrected chi connectivity index (χ3v) is 5.46. The van der Waals surface area contributed by atoms with Crippen LogP contribution in [0.5, 0.6) is 28.7 Å². The van der Waals surface area contributed by atoms with E-state index >= 15 is 0 Å². The summed E-state index contributed by atoms with van der Waals surface area (Å²) in [6.07, 6.45) is -0.108. The first-order chi connectivity index (χ1) is 14.9. The van der Waals surface area contributed by atoms with Gasteiger partial charge in [-0.15, -0.1) is 0 Å². The van der Waals surface area contributed by atoms with Gasteiger partial charge in [0.2, 0.25) is 0 Å². The standard InChI is InChI=1S/C22H14Cl2N2O5/c1-10-2-4-14-12(8-10)25-19-17(23)22-20(18(24)21(19)30-14)26-13-9-11(3-5-15(13)31-22)29-7-6-16(27)28/h2-5,8-9H,6-7H2,1H3,(H,27,28). The molecule has 5 rings (SSSR count).